The fraction of sp³-hybridized carbons (Fsp3) is 0.308. The highest BCUT2D eigenvalue weighted by Crippen LogP contribution is 2.16. The average Bonchev–Trinajstić information content (AvgIpc) is 2.98. The van der Waals surface area contributed by atoms with E-state index >= 15 is 0 Å². The van der Waals surface area contributed by atoms with Gasteiger partial charge in [0.15, 0.2) is 5.54 Å². The molecular weight excluding hydrogens is 324 g/mol. The highest BCUT2D eigenvalue weighted by atomic mass is 32.2. The lowest BCUT2D eigenvalue weighted by molar-refractivity contribution is -0.144. The third-order valence-corrected chi connectivity index (χ3v) is 3.75. The first-order valence-electron chi connectivity index (χ1n) is 6.50. The molecule has 0 aliphatic carbocycles. The first-order valence-corrected chi connectivity index (χ1v) is 8.39. The van der Waals surface area contributed by atoms with Gasteiger partial charge in [-0.25, -0.2) is 18.1 Å². The van der Waals surface area contributed by atoms with E-state index in [4.69, 9.17) is 4.74 Å². The summed E-state index contributed by atoms with van der Waals surface area (Å²) in [6.07, 6.45) is 3.83. The van der Waals surface area contributed by atoms with Crippen molar-refractivity contribution in [3.8, 4) is 11.4 Å². The fourth-order valence-corrected chi connectivity index (χ4v) is 2.77. The summed E-state index contributed by atoms with van der Waals surface area (Å²) in [4.78, 5) is 15.1. The lowest BCUT2D eigenvalue weighted by Gasteiger charge is -2.25. The number of ether oxygens (including phenoxy) is 1. The van der Waals surface area contributed by atoms with Gasteiger partial charge in [-0.15, -0.1) is 0 Å². The number of hydrogen-bond acceptors (Lipinski definition) is 6. The lowest BCUT2D eigenvalue weighted by atomic mass is 10.1. The number of sulfonamides is 1. The molecule has 124 valence electrons. The molecule has 1 heterocycles. The normalized spacial score (nSPS) is 14.2. The van der Waals surface area contributed by atoms with Crippen LogP contribution in [0.3, 0.4) is 0 Å². The standard InChI is InChI=1S/C13H16N4O5S/c1-13(12(18)19,16-23(2,20)21)7-22-11-5-3-10(4-6-11)17-9-14-8-15-17/h3-6,8-9,16H,7H2,1-2H3,(H,18,19). The van der Waals surface area contributed by atoms with Gasteiger partial charge in [-0.1, -0.05) is 0 Å². The number of nitrogens with one attached hydrogen (secondary N) is 1. The molecule has 2 aromatic rings. The average molecular weight is 340 g/mol. The van der Waals surface area contributed by atoms with E-state index in [2.05, 4.69) is 14.8 Å². The Morgan fingerprint density at radius 3 is 2.52 bits per heavy atom. The van der Waals surface area contributed by atoms with Gasteiger partial charge >= 0.3 is 5.97 Å². The van der Waals surface area contributed by atoms with Crippen molar-refractivity contribution >= 4 is 16.0 Å². The van der Waals surface area contributed by atoms with Crippen molar-refractivity contribution in [3.63, 3.8) is 0 Å². The molecule has 1 aromatic carbocycles. The Kier molecular flexibility index (Phi) is 4.66. The minimum atomic E-state index is -3.70. The Hall–Kier alpha value is -2.46. The summed E-state index contributed by atoms with van der Waals surface area (Å²) in [5, 5.41) is 13.2. The molecule has 0 amide bonds. The SMILES string of the molecule is CC(COc1ccc(-n2cncn2)cc1)(NS(C)(=O)=O)C(=O)O. The Morgan fingerprint density at radius 2 is 2.04 bits per heavy atom. The van der Waals surface area contributed by atoms with Gasteiger partial charge in [0.05, 0.1) is 11.9 Å². The molecule has 23 heavy (non-hydrogen) atoms. The first kappa shape index (κ1) is 16.9. The summed E-state index contributed by atoms with van der Waals surface area (Å²) >= 11 is 0. The summed E-state index contributed by atoms with van der Waals surface area (Å²) in [5.74, 6) is -0.932. The zero-order chi connectivity index (χ0) is 17.1. The van der Waals surface area contributed by atoms with Gasteiger partial charge in [-0.3, -0.25) is 4.79 Å². The van der Waals surface area contributed by atoms with Crippen molar-refractivity contribution in [3.05, 3.63) is 36.9 Å². The molecule has 10 heteroatoms. The van der Waals surface area contributed by atoms with Gasteiger partial charge in [-0.2, -0.15) is 9.82 Å². The zero-order valence-corrected chi connectivity index (χ0v) is 13.3. The van der Waals surface area contributed by atoms with E-state index in [0.717, 1.165) is 11.9 Å². The van der Waals surface area contributed by atoms with Crippen molar-refractivity contribution in [1.29, 1.82) is 0 Å². The second kappa shape index (κ2) is 6.34. The molecule has 0 radical (unpaired) electrons. The molecule has 1 unspecified atom stereocenters. The van der Waals surface area contributed by atoms with Crippen molar-refractivity contribution < 1.29 is 23.1 Å². The highest BCUT2D eigenvalue weighted by molar-refractivity contribution is 7.88. The molecule has 2 rings (SSSR count). The summed E-state index contributed by atoms with van der Waals surface area (Å²) in [7, 11) is -3.70. The molecule has 1 aromatic heterocycles. The predicted octanol–water partition coefficient (Wildman–Crippen LogP) is 0.0386. The Morgan fingerprint density at radius 1 is 1.39 bits per heavy atom. The number of hydrogen-bond donors (Lipinski definition) is 2. The van der Waals surface area contributed by atoms with E-state index in [0.29, 0.717) is 5.75 Å². The third-order valence-electron chi connectivity index (χ3n) is 2.93. The van der Waals surface area contributed by atoms with Crippen LogP contribution in [0.25, 0.3) is 5.69 Å². The van der Waals surface area contributed by atoms with E-state index in [1.165, 1.54) is 19.6 Å². The molecule has 0 saturated carbocycles. The Balaban J connectivity index is 2.08. The predicted molar refractivity (Wildman–Crippen MR) is 80.9 cm³/mol. The Bertz CT molecular complexity index is 773. The molecule has 0 fully saturated rings. The largest absolute Gasteiger partial charge is 0.491 e. The maximum Gasteiger partial charge on any atom is 0.328 e. The van der Waals surface area contributed by atoms with Crippen molar-refractivity contribution in [2.24, 2.45) is 0 Å². The zero-order valence-electron chi connectivity index (χ0n) is 12.5. The van der Waals surface area contributed by atoms with Crippen molar-refractivity contribution in [2.45, 2.75) is 12.5 Å². The van der Waals surface area contributed by atoms with Crippen LogP contribution in [0.4, 0.5) is 0 Å². The molecular formula is C13H16N4O5S. The first-order chi connectivity index (χ1) is 10.7. The second-order valence-corrected chi connectivity index (χ2v) is 6.88. The molecule has 9 nitrogen and oxygen atoms in total. The molecule has 2 N–H and O–H groups in total. The number of rotatable bonds is 7. The van der Waals surface area contributed by atoms with Gasteiger partial charge in [0.1, 0.15) is 25.0 Å². The van der Waals surface area contributed by atoms with E-state index in [-0.39, 0.29) is 6.61 Å². The highest BCUT2D eigenvalue weighted by Gasteiger charge is 2.37. The minimum absolute atomic E-state index is 0.363. The molecule has 0 aliphatic heterocycles. The maximum atomic E-state index is 11.3. The van der Waals surface area contributed by atoms with Crippen LogP contribution in [-0.4, -0.2) is 52.7 Å². The quantitative estimate of drug-likeness (QED) is 0.729. The summed E-state index contributed by atoms with van der Waals surface area (Å²) < 4.78 is 31.6. The van der Waals surface area contributed by atoms with E-state index in [9.17, 15) is 18.3 Å². The van der Waals surface area contributed by atoms with E-state index < -0.39 is 21.5 Å². The van der Waals surface area contributed by atoms with Crippen LogP contribution in [0.2, 0.25) is 0 Å². The number of carbonyl (C=O) groups is 1. The number of benzene rings is 1. The van der Waals surface area contributed by atoms with Crippen molar-refractivity contribution in [2.75, 3.05) is 12.9 Å². The smallest absolute Gasteiger partial charge is 0.328 e. The van der Waals surface area contributed by atoms with Gasteiger partial charge in [-0.05, 0) is 31.2 Å². The molecule has 0 bridgehead atoms. The van der Waals surface area contributed by atoms with Crippen LogP contribution in [-0.2, 0) is 14.8 Å². The van der Waals surface area contributed by atoms with E-state index in [1.54, 1.807) is 28.9 Å². The molecule has 1 atom stereocenters. The maximum absolute atomic E-state index is 11.3. The summed E-state index contributed by atoms with van der Waals surface area (Å²) in [6.45, 7) is 0.873. The van der Waals surface area contributed by atoms with Gasteiger partial charge in [0.2, 0.25) is 10.0 Å². The number of aromatic nitrogens is 3. The Labute approximate surface area is 133 Å². The van der Waals surface area contributed by atoms with Gasteiger partial charge in [0.25, 0.3) is 0 Å². The van der Waals surface area contributed by atoms with Gasteiger partial charge < -0.3 is 9.84 Å². The van der Waals surface area contributed by atoms with Crippen LogP contribution in [0, 0.1) is 0 Å². The van der Waals surface area contributed by atoms with Crippen molar-refractivity contribution in [1.82, 2.24) is 19.5 Å². The third kappa shape index (κ3) is 4.50. The second-order valence-electron chi connectivity index (χ2n) is 5.13. The topological polar surface area (TPSA) is 123 Å². The molecule has 0 aliphatic rings. The number of aliphatic carboxylic acids is 1. The van der Waals surface area contributed by atoms with E-state index in [1.807, 2.05) is 0 Å². The van der Waals surface area contributed by atoms with Crippen LogP contribution in [0.1, 0.15) is 6.92 Å². The van der Waals surface area contributed by atoms with Crippen LogP contribution in [0.15, 0.2) is 36.9 Å². The fourth-order valence-electron chi connectivity index (χ4n) is 1.81. The van der Waals surface area contributed by atoms with Gasteiger partial charge in [0, 0.05) is 0 Å². The monoisotopic (exact) mass is 340 g/mol. The van der Waals surface area contributed by atoms with Crippen LogP contribution < -0.4 is 9.46 Å². The molecule has 0 spiro atoms. The summed E-state index contributed by atoms with van der Waals surface area (Å²) in [5.41, 5.74) is -1.01. The number of carboxylic acid groups (broad SMARTS) is 1. The van der Waals surface area contributed by atoms with Crippen LogP contribution >= 0.6 is 0 Å². The number of carboxylic acids is 1. The minimum Gasteiger partial charge on any atom is -0.491 e. The summed E-state index contributed by atoms with van der Waals surface area (Å²) in [6, 6.07) is 6.68. The number of nitrogens with zero attached hydrogens (tertiary/aromatic N) is 3. The lowest BCUT2D eigenvalue weighted by Crippen LogP contribution is -2.55. The molecule has 0 saturated heterocycles. The van der Waals surface area contributed by atoms with Crippen LogP contribution in [0.5, 0.6) is 5.75 Å².